The summed E-state index contributed by atoms with van der Waals surface area (Å²) in [6.45, 7) is 3.87. The van der Waals surface area contributed by atoms with E-state index in [1.165, 1.54) is 24.3 Å². The van der Waals surface area contributed by atoms with Crippen molar-refractivity contribution in [2.75, 3.05) is 6.61 Å². The lowest BCUT2D eigenvalue weighted by molar-refractivity contribution is -0.288. The average molecular weight is 637 g/mol. The van der Waals surface area contributed by atoms with E-state index in [4.69, 9.17) is 51.6 Å². The maximum atomic E-state index is 13.3. The molecule has 1 aliphatic heterocycles. The Balaban J connectivity index is 2.00. The summed E-state index contributed by atoms with van der Waals surface area (Å²) in [6, 6.07) is 7.42. The standard InChI is InChI=1S/C27H25Cl2F3O10/c1-12(33)37-11-22-23(38-13(2)34)24(39-14(3)35)25(40-15(4)36)26(42-22)41-21-8-6-17(10-20(21)29)16-5-7-19(28)18(9-16)27(30,31)32/h5-10,22-26H,11H2,1-4H3/t22-,23-,24+,25+,26+/m1/s1. The van der Waals surface area contributed by atoms with Crippen LogP contribution in [0.4, 0.5) is 13.2 Å². The second-order valence-electron chi connectivity index (χ2n) is 9.02. The molecule has 0 saturated carbocycles. The highest BCUT2D eigenvalue weighted by atomic mass is 35.5. The quantitative estimate of drug-likeness (QED) is 0.284. The number of hydrogen-bond donors (Lipinski definition) is 0. The summed E-state index contributed by atoms with van der Waals surface area (Å²) >= 11 is 12.1. The van der Waals surface area contributed by atoms with Crippen molar-refractivity contribution in [1.82, 2.24) is 0 Å². The highest BCUT2D eigenvalue weighted by Gasteiger charge is 2.53. The second-order valence-corrected chi connectivity index (χ2v) is 9.84. The van der Waals surface area contributed by atoms with E-state index < -0.39 is 78.0 Å². The lowest BCUT2D eigenvalue weighted by Gasteiger charge is -2.44. The lowest BCUT2D eigenvalue weighted by Crippen LogP contribution is -2.63. The molecule has 15 heteroatoms. The maximum Gasteiger partial charge on any atom is 0.417 e. The van der Waals surface area contributed by atoms with Crippen molar-refractivity contribution in [2.45, 2.75) is 64.6 Å². The smallest absolute Gasteiger partial charge is 0.417 e. The Morgan fingerprint density at radius 3 is 1.86 bits per heavy atom. The molecule has 0 spiro atoms. The van der Waals surface area contributed by atoms with Gasteiger partial charge in [-0.3, -0.25) is 19.2 Å². The van der Waals surface area contributed by atoms with Crippen LogP contribution in [0.2, 0.25) is 10.0 Å². The zero-order valence-electron chi connectivity index (χ0n) is 22.5. The summed E-state index contributed by atoms with van der Waals surface area (Å²) in [5.41, 5.74) is -0.584. The van der Waals surface area contributed by atoms with Crippen LogP contribution in [0.3, 0.4) is 0 Å². The molecular formula is C27H25Cl2F3O10. The van der Waals surface area contributed by atoms with Crippen LogP contribution >= 0.6 is 23.2 Å². The van der Waals surface area contributed by atoms with Gasteiger partial charge in [-0.1, -0.05) is 35.3 Å². The van der Waals surface area contributed by atoms with Gasteiger partial charge < -0.3 is 28.4 Å². The van der Waals surface area contributed by atoms with Crippen LogP contribution in [0.15, 0.2) is 36.4 Å². The number of halogens is 5. The number of benzene rings is 2. The number of alkyl halides is 3. The van der Waals surface area contributed by atoms with E-state index in [9.17, 15) is 32.3 Å². The van der Waals surface area contributed by atoms with Crippen molar-refractivity contribution in [3.8, 4) is 16.9 Å². The largest absolute Gasteiger partial charge is 0.463 e. The minimum atomic E-state index is -4.69. The molecule has 1 heterocycles. The first-order valence-electron chi connectivity index (χ1n) is 12.2. The van der Waals surface area contributed by atoms with Crippen LogP contribution < -0.4 is 4.74 Å². The van der Waals surface area contributed by atoms with Crippen LogP contribution in [-0.2, 0) is 49.0 Å². The zero-order chi connectivity index (χ0) is 31.4. The zero-order valence-corrected chi connectivity index (χ0v) is 24.0. The van der Waals surface area contributed by atoms with Gasteiger partial charge >= 0.3 is 30.1 Å². The maximum absolute atomic E-state index is 13.3. The van der Waals surface area contributed by atoms with Crippen LogP contribution in [0.25, 0.3) is 11.1 Å². The molecule has 2 aromatic carbocycles. The minimum Gasteiger partial charge on any atom is -0.463 e. The second kappa shape index (κ2) is 13.6. The van der Waals surface area contributed by atoms with Crippen molar-refractivity contribution in [3.63, 3.8) is 0 Å². The monoisotopic (exact) mass is 636 g/mol. The molecular weight excluding hydrogens is 612 g/mol. The minimum absolute atomic E-state index is 0.0636. The van der Waals surface area contributed by atoms with E-state index in [0.717, 1.165) is 39.8 Å². The Kier molecular flexibility index (Phi) is 10.7. The Hall–Kier alpha value is -3.55. The van der Waals surface area contributed by atoms with Crippen molar-refractivity contribution < 1.29 is 60.8 Å². The van der Waals surface area contributed by atoms with Gasteiger partial charge in [0.2, 0.25) is 12.4 Å². The van der Waals surface area contributed by atoms with Crippen LogP contribution in [0.1, 0.15) is 33.3 Å². The fourth-order valence-corrected chi connectivity index (χ4v) is 4.56. The summed E-state index contributed by atoms with van der Waals surface area (Å²) in [5, 5.41) is -0.551. The van der Waals surface area contributed by atoms with E-state index in [2.05, 4.69) is 0 Å². The van der Waals surface area contributed by atoms with Gasteiger partial charge in [0, 0.05) is 27.7 Å². The molecule has 0 aromatic heterocycles. The molecule has 0 amide bonds. The Labute approximate surface area is 247 Å². The van der Waals surface area contributed by atoms with E-state index in [1.807, 2.05) is 0 Å². The van der Waals surface area contributed by atoms with Gasteiger partial charge in [-0.05, 0) is 35.4 Å². The normalized spacial score (nSPS) is 22.1. The molecule has 5 atom stereocenters. The van der Waals surface area contributed by atoms with E-state index >= 15 is 0 Å². The molecule has 228 valence electrons. The molecule has 2 aromatic rings. The van der Waals surface area contributed by atoms with E-state index in [-0.39, 0.29) is 21.9 Å². The summed E-state index contributed by atoms with van der Waals surface area (Å²) in [7, 11) is 0. The lowest BCUT2D eigenvalue weighted by atomic mass is 9.98. The third-order valence-electron chi connectivity index (χ3n) is 5.73. The molecule has 0 aliphatic carbocycles. The number of rotatable bonds is 8. The van der Waals surface area contributed by atoms with E-state index in [0.29, 0.717) is 0 Å². The first-order valence-corrected chi connectivity index (χ1v) is 13.0. The number of carbonyl (C=O) groups is 4. The number of ether oxygens (including phenoxy) is 6. The molecule has 1 aliphatic rings. The average Bonchev–Trinajstić information content (AvgIpc) is 2.86. The number of carbonyl (C=O) groups excluding carboxylic acids is 4. The van der Waals surface area contributed by atoms with Gasteiger partial charge in [-0.15, -0.1) is 0 Å². The molecule has 0 N–H and O–H groups in total. The van der Waals surface area contributed by atoms with Crippen molar-refractivity contribution in [1.29, 1.82) is 0 Å². The highest BCUT2D eigenvalue weighted by Crippen LogP contribution is 2.39. The van der Waals surface area contributed by atoms with Crippen molar-refractivity contribution >= 4 is 47.1 Å². The van der Waals surface area contributed by atoms with E-state index in [1.54, 1.807) is 0 Å². The fraction of sp³-hybridized carbons (Fsp3) is 0.407. The highest BCUT2D eigenvalue weighted by molar-refractivity contribution is 6.32. The fourth-order valence-electron chi connectivity index (χ4n) is 4.11. The molecule has 3 rings (SSSR count). The van der Waals surface area contributed by atoms with Crippen LogP contribution in [0.5, 0.6) is 5.75 Å². The molecule has 0 radical (unpaired) electrons. The van der Waals surface area contributed by atoms with Crippen LogP contribution in [0, 0.1) is 0 Å². The van der Waals surface area contributed by atoms with Crippen LogP contribution in [-0.4, -0.2) is 61.2 Å². The Bertz CT molecular complexity index is 1350. The predicted molar refractivity (Wildman–Crippen MR) is 139 cm³/mol. The van der Waals surface area contributed by atoms with Gasteiger partial charge in [0.1, 0.15) is 18.5 Å². The number of esters is 4. The first-order chi connectivity index (χ1) is 19.6. The van der Waals surface area contributed by atoms with Crippen molar-refractivity contribution in [2.24, 2.45) is 0 Å². The van der Waals surface area contributed by atoms with Gasteiger partial charge in [-0.2, -0.15) is 13.2 Å². The third-order valence-corrected chi connectivity index (χ3v) is 6.35. The summed E-state index contributed by atoms with van der Waals surface area (Å²) < 4.78 is 72.8. The summed E-state index contributed by atoms with van der Waals surface area (Å²) in [4.78, 5) is 47.3. The van der Waals surface area contributed by atoms with Gasteiger partial charge in [0.25, 0.3) is 0 Å². The topological polar surface area (TPSA) is 124 Å². The number of hydrogen-bond acceptors (Lipinski definition) is 10. The van der Waals surface area contributed by atoms with Gasteiger partial charge in [-0.25, -0.2) is 0 Å². The molecule has 10 nitrogen and oxygen atoms in total. The molecule has 0 bridgehead atoms. The molecule has 1 fully saturated rings. The first kappa shape index (κ1) is 33.0. The Morgan fingerprint density at radius 1 is 0.762 bits per heavy atom. The van der Waals surface area contributed by atoms with Gasteiger partial charge in [0.05, 0.1) is 15.6 Å². The Morgan fingerprint density at radius 2 is 1.31 bits per heavy atom. The summed E-state index contributed by atoms with van der Waals surface area (Å²) in [6.07, 6.45) is -11.9. The molecule has 0 unspecified atom stereocenters. The van der Waals surface area contributed by atoms with Gasteiger partial charge in [0.15, 0.2) is 12.2 Å². The summed E-state index contributed by atoms with van der Waals surface area (Å²) in [5.74, 6) is -3.22. The predicted octanol–water partition coefficient (Wildman–Crippen LogP) is 5.14. The third kappa shape index (κ3) is 8.49. The SMILES string of the molecule is CC(=O)OC[C@H]1O[C@H](Oc2ccc(-c3ccc(Cl)c(C(F)(F)F)c3)cc2Cl)[C@@H](OC(C)=O)[C@@H](OC(C)=O)[C@@H]1OC(C)=O. The molecule has 1 saturated heterocycles. The molecule has 42 heavy (non-hydrogen) atoms. The van der Waals surface area contributed by atoms with Crippen molar-refractivity contribution in [3.05, 3.63) is 52.0 Å².